The first kappa shape index (κ1) is 14.3. The van der Waals surface area contributed by atoms with Crippen LogP contribution in [0.1, 0.15) is 19.8 Å². The molecule has 0 aliphatic rings. The molecule has 18 heavy (non-hydrogen) atoms. The van der Waals surface area contributed by atoms with Gasteiger partial charge in [0.05, 0.1) is 6.61 Å². The van der Waals surface area contributed by atoms with E-state index in [1.54, 1.807) is 26.1 Å². The zero-order valence-corrected chi connectivity index (χ0v) is 10.6. The second-order valence-corrected chi connectivity index (χ2v) is 3.97. The molecule has 0 heterocycles. The lowest BCUT2D eigenvalue weighted by Gasteiger charge is -2.19. The lowest BCUT2D eigenvalue weighted by Crippen LogP contribution is -2.19. The van der Waals surface area contributed by atoms with Crippen LogP contribution >= 0.6 is 0 Å². The van der Waals surface area contributed by atoms with Crippen molar-refractivity contribution in [2.24, 2.45) is 0 Å². The minimum absolute atomic E-state index is 0.115. The number of carboxylic acids is 1. The molecule has 0 saturated carbocycles. The van der Waals surface area contributed by atoms with Crippen molar-refractivity contribution >= 4 is 11.7 Å². The molecule has 1 aromatic carbocycles. The van der Waals surface area contributed by atoms with E-state index in [9.17, 15) is 9.18 Å². The van der Waals surface area contributed by atoms with Crippen LogP contribution in [0.25, 0.3) is 0 Å². The molecule has 0 unspecified atom stereocenters. The summed E-state index contributed by atoms with van der Waals surface area (Å²) in [5, 5.41) is 8.54. The van der Waals surface area contributed by atoms with Crippen molar-refractivity contribution in [1.82, 2.24) is 0 Å². The smallest absolute Gasteiger partial charge is 0.303 e. The summed E-state index contributed by atoms with van der Waals surface area (Å²) in [4.78, 5) is 12.2. The number of carboxylic acid groups (broad SMARTS) is 1. The predicted molar refractivity (Wildman–Crippen MR) is 67.7 cm³/mol. The van der Waals surface area contributed by atoms with Crippen LogP contribution in [0.2, 0.25) is 0 Å². The summed E-state index contributed by atoms with van der Waals surface area (Å²) < 4.78 is 18.7. The largest absolute Gasteiger partial charge is 0.491 e. The van der Waals surface area contributed by atoms with Gasteiger partial charge < -0.3 is 14.7 Å². The first-order valence-corrected chi connectivity index (χ1v) is 5.90. The van der Waals surface area contributed by atoms with Crippen molar-refractivity contribution in [3.8, 4) is 5.75 Å². The molecule has 1 aromatic rings. The molecule has 0 aliphatic heterocycles. The van der Waals surface area contributed by atoms with Crippen LogP contribution in [0.5, 0.6) is 5.75 Å². The minimum Gasteiger partial charge on any atom is -0.491 e. The van der Waals surface area contributed by atoms with Crippen LogP contribution in [0, 0.1) is 5.82 Å². The summed E-state index contributed by atoms with van der Waals surface area (Å²) in [6.45, 7) is 2.79. The minimum atomic E-state index is -0.818. The van der Waals surface area contributed by atoms with Gasteiger partial charge in [-0.3, -0.25) is 4.79 Å². The van der Waals surface area contributed by atoms with Gasteiger partial charge in [0.25, 0.3) is 0 Å². The Morgan fingerprint density at radius 2 is 2.22 bits per heavy atom. The Bertz CT molecular complexity index is 409. The molecule has 0 radical (unpaired) electrons. The molecule has 1 N–H and O–H groups in total. The highest BCUT2D eigenvalue weighted by molar-refractivity contribution is 5.66. The van der Waals surface area contributed by atoms with E-state index in [1.807, 2.05) is 4.90 Å². The number of rotatable bonds is 7. The van der Waals surface area contributed by atoms with Gasteiger partial charge in [0.2, 0.25) is 0 Å². The monoisotopic (exact) mass is 255 g/mol. The van der Waals surface area contributed by atoms with Crippen molar-refractivity contribution < 1.29 is 19.0 Å². The third-order valence-electron chi connectivity index (χ3n) is 2.54. The van der Waals surface area contributed by atoms with Gasteiger partial charge >= 0.3 is 5.97 Å². The van der Waals surface area contributed by atoms with Gasteiger partial charge in [-0.15, -0.1) is 0 Å². The van der Waals surface area contributed by atoms with Gasteiger partial charge in [-0.05, 0) is 25.5 Å². The lowest BCUT2D eigenvalue weighted by molar-refractivity contribution is -0.137. The maximum atomic E-state index is 13.6. The van der Waals surface area contributed by atoms with Crippen LogP contribution in [-0.4, -0.2) is 31.3 Å². The van der Waals surface area contributed by atoms with E-state index >= 15 is 0 Å². The Kier molecular flexibility index (Phi) is 5.42. The number of aliphatic carboxylic acids is 1. The number of nitrogens with zero attached hydrogens (tertiary/aromatic N) is 1. The third kappa shape index (κ3) is 4.24. The quantitative estimate of drug-likeness (QED) is 0.813. The summed E-state index contributed by atoms with van der Waals surface area (Å²) in [6, 6.07) is 4.74. The van der Waals surface area contributed by atoms with E-state index in [0.717, 1.165) is 0 Å². The second kappa shape index (κ2) is 6.83. The number of carbonyl (C=O) groups is 1. The van der Waals surface area contributed by atoms with E-state index < -0.39 is 11.8 Å². The van der Waals surface area contributed by atoms with Crippen molar-refractivity contribution in [1.29, 1.82) is 0 Å². The fraction of sp³-hybridized carbons (Fsp3) is 0.462. The standard InChI is InChI=1S/C13H18FNO3/c1-3-18-12-7-6-10(9-11(12)14)15(2)8-4-5-13(16)17/h6-7,9H,3-5,8H2,1-2H3,(H,16,17). The van der Waals surface area contributed by atoms with E-state index in [2.05, 4.69) is 0 Å². The zero-order valence-electron chi connectivity index (χ0n) is 10.6. The van der Waals surface area contributed by atoms with Gasteiger partial charge in [0, 0.05) is 31.8 Å². The van der Waals surface area contributed by atoms with Gasteiger partial charge in [-0.2, -0.15) is 0 Å². The fourth-order valence-corrected chi connectivity index (χ4v) is 1.60. The number of hydrogen-bond acceptors (Lipinski definition) is 3. The Balaban J connectivity index is 2.60. The molecule has 0 saturated heterocycles. The SMILES string of the molecule is CCOc1ccc(N(C)CCCC(=O)O)cc1F. The first-order valence-electron chi connectivity index (χ1n) is 5.90. The molecule has 0 atom stereocenters. The van der Waals surface area contributed by atoms with Gasteiger partial charge in [-0.25, -0.2) is 4.39 Å². The summed E-state index contributed by atoms with van der Waals surface area (Å²) in [5.41, 5.74) is 0.710. The van der Waals surface area contributed by atoms with Crippen LogP contribution < -0.4 is 9.64 Å². The number of hydrogen-bond donors (Lipinski definition) is 1. The molecular formula is C13H18FNO3. The molecule has 0 spiro atoms. The summed E-state index contributed by atoms with van der Waals surface area (Å²) >= 11 is 0. The molecule has 0 fully saturated rings. The molecule has 0 aromatic heterocycles. The average Bonchev–Trinajstić information content (AvgIpc) is 2.31. The van der Waals surface area contributed by atoms with E-state index in [-0.39, 0.29) is 12.2 Å². The van der Waals surface area contributed by atoms with E-state index in [1.165, 1.54) is 6.07 Å². The maximum absolute atomic E-state index is 13.6. The zero-order chi connectivity index (χ0) is 13.5. The molecule has 5 heteroatoms. The summed E-state index contributed by atoms with van der Waals surface area (Å²) in [6.07, 6.45) is 0.643. The third-order valence-corrected chi connectivity index (χ3v) is 2.54. The predicted octanol–water partition coefficient (Wildman–Crippen LogP) is 2.53. The molecule has 0 aliphatic carbocycles. The highest BCUT2D eigenvalue weighted by Gasteiger charge is 2.07. The fourth-order valence-electron chi connectivity index (χ4n) is 1.60. The second-order valence-electron chi connectivity index (χ2n) is 3.97. The topological polar surface area (TPSA) is 49.8 Å². The van der Waals surface area contributed by atoms with Crippen molar-refractivity contribution in [2.45, 2.75) is 19.8 Å². The Hall–Kier alpha value is -1.78. The van der Waals surface area contributed by atoms with Crippen LogP contribution in [0.15, 0.2) is 18.2 Å². The van der Waals surface area contributed by atoms with Crippen LogP contribution in [0.4, 0.5) is 10.1 Å². The highest BCUT2D eigenvalue weighted by atomic mass is 19.1. The van der Waals surface area contributed by atoms with Crippen molar-refractivity contribution in [3.63, 3.8) is 0 Å². The number of anilines is 1. The first-order chi connectivity index (χ1) is 8.54. The number of benzene rings is 1. The van der Waals surface area contributed by atoms with E-state index in [4.69, 9.17) is 9.84 Å². The Morgan fingerprint density at radius 3 is 2.78 bits per heavy atom. The van der Waals surface area contributed by atoms with Gasteiger partial charge in [0.15, 0.2) is 11.6 Å². The van der Waals surface area contributed by atoms with Crippen LogP contribution in [0.3, 0.4) is 0 Å². The summed E-state index contributed by atoms with van der Waals surface area (Å²) in [5.74, 6) is -0.985. The molecule has 4 nitrogen and oxygen atoms in total. The average molecular weight is 255 g/mol. The molecule has 0 bridgehead atoms. The van der Waals surface area contributed by atoms with Gasteiger partial charge in [-0.1, -0.05) is 0 Å². The normalized spacial score (nSPS) is 10.2. The van der Waals surface area contributed by atoms with E-state index in [0.29, 0.717) is 25.3 Å². The lowest BCUT2D eigenvalue weighted by atomic mass is 10.2. The van der Waals surface area contributed by atoms with Crippen molar-refractivity contribution in [2.75, 3.05) is 25.1 Å². The molecule has 1 rings (SSSR count). The van der Waals surface area contributed by atoms with Crippen molar-refractivity contribution in [3.05, 3.63) is 24.0 Å². The highest BCUT2D eigenvalue weighted by Crippen LogP contribution is 2.23. The van der Waals surface area contributed by atoms with Gasteiger partial charge in [0.1, 0.15) is 0 Å². The Morgan fingerprint density at radius 1 is 1.50 bits per heavy atom. The molecule has 0 amide bonds. The number of halogens is 1. The summed E-state index contributed by atoms with van der Waals surface area (Å²) in [7, 11) is 1.80. The molecule has 100 valence electrons. The number of ether oxygens (including phenoxy) is 1. The Labute approximate surface area is 106 Å². The van der Waals surface area contributed by atoms with Crippen LogP contribution in [-0.2, 0) is 4.79 Å². The maximum Gasteiger partial charge on any atom is 0.303 e. The molecular weight excluding hydrogens is 237 g/mol.